The molecule has 2 aromatic rings. The Morgan fingerprint density at radius 3 is 1.42 bits per heavy atom. The summed E-state index contributed by atoms with van der Waals surface area (Å²) in [5, 5.41) is 9.52. The van der Waals surface area contributed by atoms with Crippen LogP contribution in [-0.4, -0.2) is 11.3 Å². The predicted octanol–water partition coefficient (Wildman–Crippen LogP) is 7.22. The highest BCUT2D eigenvalue weighted by Crippen LogP contribution is 2.53. The van der Waals surface area contributed by atoms with Crippen molar-refractivity contribution in [1.29, 1.82) is 0 Å². The lowest BCUT2D eigenvalue weighted by atomic mass is 9.93. The topological polar surface area (TPSA) is 32.6 Å². The molecular weight excluding hydrogens is 462 g/mol. The number of halogens is 12. The Balaban J connectivity index is 3.10. The van der Waals surface area contributed by atoms with Crippen molar-refractivity contribution in [3.63, 3.8) is 0 Å². The number of hydrogen-bond acceptors (Lipinski definition) is 2. The molecule has 0 radical (unpaired) electrons. The molecule has 0 heterocycles. The van der Waals surface area contributed by atoms with Gasteiger partial charge in [0.25, 0.3) is 0 Å². The first-order chi connectivity index (χ1) is 13.8. The summed E-state index contributed by atoms with van der Waals surface area (Å²) in [6, 6.07) is 2.87. The van der Waals surface area contributed by atoms with Crippen LogP contribution in [0.1, 0.15) is 27.8 Å². The van der Waals surface area contributed by atoms with Crippen molar-refractivity contribution in [3.8, 4) is 5.75 Å². The molecule has 0 fully saturated rings. The monoisotopic (exact) mass is 469 g/mol. The summed E-state index contributed by atoms with van der Waals surface area (Å²) in [5.74, 6) is -0.753. The Morgan fingerprint density at radius 2 is 1.06 bits per heavy atom. The van der Waals surface area contributed by atoms with Gasteiger partial charge in [0, 0.05) is 11.8 Å². The summed E-state index contributed by atoms with van der Waals surface area (Å²) in [7, 11) is 0. The van der Waals surface area contributed by atoms with Gasteiger partial charge in [-0.3, -0.25) is 4.99 Å². The van der Waals surface area contributed by atoms with E-state index >= 15 is 0 Å². The normalized spacial score (nSPS) is 13.8. The van der Waals surface area contributed by atoms with Gasteiger partial charge in [-0.05, 0) is 18.2 Å². The number of alkyl halides is 12. The molecule has 0 aromatic heterocycles. The largest absolute Gasteiger partial charge is 0.507 e. The minimum atomic E-state index is -6.17. The van der Waals surface area contributed by atoms with Crippen LogP contribution in [0.4, 0.5) is 58.4 Å². The van der Waals surface area contributed by atoms with Gasteiger partial charge in [-0.1, -0.05) is 12.1 Å². The molecule has 0 unspecified atom stereocenters. The van der Waals surface area contributed by atoms with E-state index in [-0.39, 0.29) is 6.21 Å². The molecule has 2 aromatic carbocycles. The second kappa shape index (κ2) is 7.64. The summed E-state index contributed by atoms with van der Waals surface area (Å²) >= 11 is 0. The Bertz CT molecular complexity index is 946. The first-order valence-electron chi connectivity index (χ1n) is 7.67. The van der Waals surface area contributed by atoms with E-state index in [1.165, 1.54) is 6.07 Å². The third kappa shape index (κ3) is 5.22. The zero-order chi connectivity index (χ0) is 24.0. The first kappa shape index (κ1) is 24.3. The highest BCUT2D eigenvalue weighted by molar-refractivity contribution is 5.86. The van der Waals surface area contributed by atoms with Crippen molar-refractivity contribution in [3.05, 3.63) is 58.1 Å². The standard InChI is InChI=1S/C17H7F12NO/c18-14(19,20)8-5-9(15(21,22)23)12(17(27,28)29)13(11(8)16(24,25)26)30-6-7-3-1-2-4-10(7)31/h1-6,31H. The van der Waals surface area contributed by atoms with Gasteiger partial charge in [0.15, 0.2) is 0 Å². The maximum absolute atomic E-state index is 13.4. The number of aliphatic imine (C=N–C) groups is 1. The lowest BCUT2D eigenvalue weighted by Crippen LogP contribution is -2.24. The second-order valence-corrected chi connectivity index (χ2v) is 5.88. The number of hydrogen-bond donors (Lipinski definition) is 1. The number of para-hydroxylation sites is 1. The molecule has 0 aliphatic rings. The van der Waals surface area contributed by atoms with Gasteiger partial charge in [-0.25, -0.2) is 0 Å². The SMILES string of the molecule is Oc1ccccc1C=Nc1c(C(F)(F)F)c(C(F)(F)F)cc(C(F)(F)F)c1C(F)(F)F. The smallest absolute Gasteiger partial charge is 0.419 e. The average molecular weight is 469 g/mol. The number of phenolic OH excluding ortho intramolecular Hbond substituents is 1. The molecule has 0 aliphatic carbocycles. The van der Waals surface area contributed by atoms with Crippen LogP contribution in [0.5, 0.6) is 5.75 Å². The lowest BCUT2D eigenvalue weighted by Gasteiger charge is -2.24. The van der Waals surface area contributed by atoms with Crippen LogP contribution in [-0.2, 0) is 24.7 Å². The van der Waals surface area contributed by atoms with E-state index in [0.717, 1.165) is 18.2 Å². The molecule has 0 spiro atoms. The van der Waals surface area contributed by atoms with E-state index in [1.54, 1.807) is 0 Å². The van der Waals surface area contributed by atoms with E-state index in [4.69, 9.17) is 0 Å². The molecule has 170 valence electrons. The third-order valence-corrected chi connectivity index (χ3v) is 3.75. The van der Waals surface area contributed by atoms with Crippen molar-refractivity contribution in [2.24, 2.45) is 4.99 Å². The highest BCUT2D eigenvalue weighted by atomic mass is 19.4. The number of aromatic hydroxyl groups is 1. The summed E-state index contributed by atoms with van der Waals surface area (Å²) in [4.78, 5) is 2.69. The fourth-order valence-electron chi connectivity index (χ4n) is 2.55. The summed E-state index contributed by atoms with van der Waals surface area (Å²) in [5.41, 5.74) is -15.3. The summed E-state index contributed by atoms with van der Waals surface area (Å²) in [6.07, 6.45) is -24.4. The van der Waals surface area contributed by atoms with Crippen molar-refractivity contribution >= 4 is 11.9 Å². The van der Waals surface area contributed by atoms with E-state index in [9.17, 15) is 57.8 Å². The second-order valence-electron chi connectivity index (χ2n) is 5.88. The number of nitrogens with zero attached hydrogens (tertiary/aromatic N) is 1. The number of phenols is 1. The molecule has 14 heteroatoms. The van der Waals surface area contributed by atoms with Gasteiger partial charge in [0.1, 0.15) is 5.75 Å². The van der Waals surface area contributed by atoms with Crippen molar-refractivity contribution in [2.45, 2.75) is 24.7 Å². The van der Waals surface area contributed by atoms with E-state index in [1.807, 2.05) is 0 Å². The molecule has 0 amide bonds. The molecule has 31 heavy (non-hydrogen) atoms. The Morgan fingerprint density at radius 1 is 0.645 bits per heavy atom. The molecule has 0 aliphatic heterocycles. The molecular formula is C17H7F12NO. The number of rotatable bonds is 2. The molecule has 0 saturated heterocycles. The summed E-state index contributed by atoms with van der Waals surface area (Å²) in [6.45, 7) is 0. The molecule has 0 saturated carbocycles. The van der Waals surface area contributed by atoms with Gasteiger partial charge < -0.3 is 5.11 Å². The fourth-order valence-corrected chi connectivity index (χ4v) is 2.55. The summed E-state index contributed by atoms with van der Waals surface area (Å²) < 4.78 is 159. The first-order valence-corrected chi connectivity index (χ1v) is 7.67. The minimum Gasteiger partial charge on any atom is -0.507 e. The zero-order valence-corrected chi connectivity index (χ0v) is 14.4. The van der Waals surface area contributed by atoms with Crippen molar-refractivity contribution in [2.75, 3.05) is 0 Å². The van der Waals surface area contributed by atoms with Gasteiger partial charge in [-0.15, -0.1) is 0 Å². The van der Waals surface area contributed by atoms with Gasteiger partial charge in [0.05, 0.1) is 27.9 Å². The quantitative estimate of drug-likeness (QED) is 0.366. The lowest BCUT2D eigenvalue weighted by molar-refractivity contribution is -0.170. The van der Waals surface area contributed by atoms with Crippen LogP contribution in [0.2, 0.25) is 0 Å². The molecule has 2 nitrogen and oxygen atoms in total. The predicted molar refractivity (Wildman–Crippen MR) is 81.8 cm³/mol. The molecule has 2 rings (SSSR count). The maximum Gasteiger partial charge on any atom is 0.419 e. The molecule has 1 N–H and O–H groups in total. The van der Waals surface area contributed by atoms with Crippen LogP contribution in [0.25, 0.3) is 0 Å². The zero-order valence-electron chi connectivity index (χ0n) is 14.4. The molecule has 0 atom stereocenters. The van der Waals surface area contributed by atoms with E-state index in [2.05, 4.69) is 4.99 Å². The van der Waals surface area contributed by atoms with Gasteiger partial charge in [-0.2, -0.15) is 52.7 Å². The number of benzene rings is 2. The van der Waals surface area contributed by atoms with Crippen LogP contribution < -0.4 is 0 Å². The van der Waals surface area contributed by atoms with Crippen LogP contribution in [0.15, 0.2) is 35.3 Å². The van der Waals surface area contributed by atoms with Crippen LogP contribution >= 0.6 is 0 Å². The van der Waals surface area contributed by atoms with E-state index < -0.39 is 70.0 Å². The highest BCUT2D eigenvalue weighted by Gasteiger charge is 2.53. The van der Waals surface area contributed by atoms with Gasteiger partial charge in [0.2, 0.25) is 0 Å². The van der Waals surface area contributed by atoms with Crippen molar-refractivity contribution < 1.29 is 57.8 Å². The fraction of sp³-hybridized carbons (Fsp3) is 0.235. The van der Waals surface area contributed by atoms with Gasteiger partial charge >= 0.3 is 24.7 Å². The third-order valence-electron chi connectivity index (χ3n) is 3.75. The van der Waals surface area contributed by atoms with Crippen molar-refractivity contribution in [1.82, 2.24) is 0 Å². The Kier molecular flexibility index (Phi) is 6.00. The van der Waals surface area contributed by atoms with Crippen LogP contribution in [0.3, 0.4) is 0 Å². The maximum atomic E-state index is 13.4. The Hall–Kier alpha value is -2.93. The van der Waals surface area contributed by atoms with E-state index in [0.29, 0.717) is 0 Å². The molecule has 0 bridgehead atoms. The van der Waals surface area contributed by atoms with Crippen LogP contribution in [0, 0.1) is 0 Å². The Labute approximate surface area is 164 Å². The average Bonchev–Trinajstić information content (AvgIpc) is 2.56. The minimum absolute atomic E-state index is 0.0927.